The second kappa shape index (κ2) is 10.1. The van der Waals surface area contributed by atoms with E-state index in [1.807, 2.05) is 27.7 Å². The van der Waals surface area contributed by atoms with E-state index in [0.29, 0.717) is 25.7 Å². The summed E-state index contributed by atoms with van der Waals surface area (Å²) < 4.78 is 31.7. The molecule has 0 heterocycles. The topological polar surface area (TPSA) is 111 Å². The minimum atomic E-state index is -0.900. The highest BCUT2D eigenvalue weighted by atomic mass is 19.1. The third kappa shape index (κ3) is 5.70. The number of methoxy groups -OCH3 is 1. The highest BCUT2D eigenvalue weighted by Gasteiger charge is 2.51. The quantitative estimate of drug-likeness (QED) is 0.501. The molecular weight excluding hydrogens is 481 g/mol. The normalized spacial score (nSPS) is 31.0. The molecule has 1 aromatic carbocycles. The van der Waals surface area contributed by atoms with Crippen molar-refractivity contribution >= 4 is 17.8 Å². The molecule has 0 spiro atoms. The Kier molecular flexibility index (Phi) is 7.45. The van der Waals surface area contributed by atoms with Crippen molar-refractivity contribution in [2.75, 3.05) is 7.11 Å². The number of fused-ring (bicyclic) bond motifs is 2. The van der Waals surface area contributed by atoms with Gasteiger partial charge in [0, 0.05) is 12.1 Å². The summed E-state index contributed by atoms with van der Waals surface area (Å²) >= 11 is 0. The summed E-state index contributed by atoms with van der Waals surface area (Å²) in [5.41, 5.74) is -1.10. The lowest BCUT2D eigenvalue weighted by atomic mass is 9.74. The van der Waals surface area contributed by atoms with Gasteiger partial charge >= 0.3 is 11.9 Å². The second-order valence-electron chi connectivity index (χ2n) is 12.1. The van der Waals surface area contributed by atoms with Gasteiger partial charge in [-0.05, 0) is 90.5 Å². The molecule has 3 saturated carbocycles. The van der Waals surface area contributed by atoms with Gasteiger partial charge in [-0.3, -0.25) is 14.4 Å². The number of nitrogens with one attached hydrogen (secondary N) is 1. The van der Waals surface area contributed by atoms with Gasteiger partial charge in [0.25, 0.3) is 5.91 Å². The first kappa shape index (κ1) is 27.2. The van der Waals surface area contributed by atoms with Gasteiger partial charge in [-0.2, -0.15) is 0 Å². The van der Waals surface area contributed by atoms with E-state index in [0.717, 1.165) is 25.3 Å². The molecule has 3 aliphatic carbocycles. The van der Waals surface area contributed by atoms with Crippen molar-refractivity contribution in [3.8, 4) is 11.5 Å². The smallest absolute Gasteiger partial charge is 0.312 e. The van der Waals surface area contributed by atoms with Crippen LogP contribution in [0.25, 0.3) is 0 Å². The summed E-state index contributed by atoms with van der Waals surface area (Å²) in [4.78, 5) is 37.8. The molecule has 37 heavy (non-hydrogen) atoms. The lowest BCUT2D eigenvalue weighted by Gasteiger charge is -2.37. The maximum atomic E-state index is 14.9. The maximum Gasteiger partial charge on any atom is 0.312 e. The van der Waals surface area contributed by atoms with Gasteiger partial charge in [0.1, 0.15) is 11.4 Å². The molecule has 2 bridgehead atoms. The van der Waals surface area contributed by atoms with Gasteiger partial charge in [-0.1, -0.05) is 0 Å². The zero-order chi connectivity index (χ0) is 27.1. The van der Waals surface area contributed by atoms with E-state index in [-0.39, 0.29) is 41.0 Å². The summed E-state index contributed by atoms with van der Waals surface area (Å²) in [6.45, 7) is 7.39. The van der Waals surface area contributed by atoms with Crippen LogP contribution in [0.5, 0.6) is 11.5 Å². The Labute approximate surface area is 217 Å². The predicted molar refractivity (Wildman–Crippen MR) is 133 cm³/mol. The number of amides is 1. The van der Waals surface area contributed by atoms with E-state index < -0.39 is 40.7 Å². The van der Waals surface area contributed by atoms with E-state index in [2.05, 4.69) is 5.32 Å². The van der Waals surface area contributed by atoms with E-state index in [1.165, 1.54) is 13.2 Å². The Hall–Kier alpha value is -2.84. The molecule has 3 aliphatic rings. The zero-order valence-electron chi connectivity index (χ0n) is 22.3. The fourth-order valence-corrected chi connectivity index (χ4v) is 6.19. The Morgan fingerprint density at radius 2 is 1.70 bits per heavy atom. The number of ether oxygens (including phenoxy) is 3. The van der Waals surface area contributed by atoms with Crippen LogP contribution in [0.2, 0.25) is 0 Å². The second-order valence-corrected chi connectivity index (χ2v) is 12.1. The molecule has 2 N–H and O–H groups in total. The number of hydrogen-bond acceptors (Lipinski definition) is 6. The Bertz CT molecular complexity index is 1060. The molecular formula is C28H38FNO7. The summed E-state index contributed by atoms with van der Waals surface area (Å²) in [6, 6.07) is 1.98. The van der Waals surface area contributed by atoms with E-state index in [1.54, 1.807) is 0 Å². The molecule has 1 amide bonds. The third-order valence-corrected chi connectivity index (χ3v) is 8.22. The summed E-state index contributed by atoms with van der Waals surface area (Å²) in [5.74, 6) is -2.75. The van der Waals surface area contributed by atoms with Gasteiger partial charge in [-0.15, -0.1) is 0 Å². The van der Waals surface area contributed by atoms with Gasteiger partial charge in [0.15, 0.2) is 11.6 Å². The van der Waals surface area contributed by atoms with Gasteiger partial charge in [-0.25, -0.2) is 4.39 Å². The largest absolute Gasteiger partial charge is 0.496 e. The van der Waals surface area contributed by atoms with Crippen LogP contribution in [0.4, 0.5) is 4.39 Å². The van der Waals surface area contributed by atoms with Crippen molar-refractivity contribution < 1.29 is 38.1 Å². The number of carboxylic acids is 1. The number of carbonyl (C=O) groups is 3. The van der Waals surface area contributed by atoms with E-state index in [9.17, 15) is 23.9 Å². The van der Waals surface area contributed by atoms with E-state index in [4.69, 9.17) is 14.2 Å². The van der Waals surface area contributed by atoms with Crippen molar-refractivity contribution in [1.29, 1.82) is 0 Å². The summed E-state index contributed by atoms with van der Waals surface area (Å²) in [7, 11) is 1.35. The van der Waals surface area contributed by atoms with Crippen LogP contribution in [-0.4, -0.2) is 47.8 Å². The van der Waals surface area contributed by atoms with Crippen LogP contribution < -0.4 is 14.8 Å². The standard InChI is InChI=1S/C28H38FNO7/c1-27(2,3)37-26(34)28(4)10-8-17(9-11-28)36-21-13-18(20(35-5)14-19(21)29)24(31)30-23-16-7-6-15(12-16)22(23)25(32)33/h13-17,22-23H,6-12H2,1-5H3,(H,30,31)(H,32,33)/t15-,16+,17?,22+,23-,28?/m0/s1. The summed E-state index contributed by atoms with van der Waals surface area (Å²) in [6.07, 6.45) is 4.37. The van der Waals surface area contributed by atoms with Crippen LogP contribution >= 0.6 is 0 Å². The van der Waals surface area contributed by atoms with E-state index >= 15 is 0 Å². The van der Waals surface area contributed by atoms with Crippen LogP contribution in [0.15, 0.2) is 12.1 Å². The van der Waals surface area contributed by atoms with Crippen LogP contribution in [-0.2, 0) is 14.3 Å². The maximum absolute atomic E-state index is 14.9. The van der Waals surface area contributed by atoms with Crippen LogP contribution in [0.1, 0.15) is 83.0 Å². The summed E-state index contributed by atoms with van der Waals surface area (Å²) in [5, 5.41) is 12.6. The molecule has 0 aliphatic heterocycles. The lowest BCUT2D eigenvalue weighted by molar-refractivity contribution is -0.169. The van der Waals surface area contributed by atoms with Crippen molar-refractivity contribution in [2.24, 2.45) is 23.2 Å². The predicted octanol–water partition coefficient (Wildman–Crippen LogP) is 4.73. The number of carboxylic acid groups (broad SMARTS) is 1. The van der Waals surface area contributed by atoms with Gasteiger partial charge in [0.05, 0.1) is 30.1 Å². The Morgan fingerprint density at radius 3 is 2.30 bits per heavy atom. The first-order valence-corrected chi connectivity index (χ1v) is 13.1. The monoisotopic (exact) mass is 519 g/mol. The average molecular weight is 520 g/mol. The van der Waals surface area contributed by atoms with Crippen LogP contribution in [0.3, 0.4) is 0 Å². The van der Waals surface area contributed by atoms with Crippen molar-refractivity contribution in [1.82, 2.24) is 5.32 Å². The SMILES string of the molecule is COc1cc(F)c(OC2CCC(C)(C(=O)OC(C)(C)C)CC2)cc1C(=O)N[C@H]1[C@@H]2CC[C@@H](C2)[C@H]1C(=O)O. The number of carbonyl (C=O) groups excluding carboxylic acids is 2. The van der Waals surface area contributed by atoms with Crippen molar-refractivity contribution in [3.63, 3.8) is 0 Å². The minimum absolute atomic E-state index is 0.0542. The molecule has 0 saturated heterocycles. The van der Waals surface area contributed by atoms with Gasteiger partial charge < -0.3 is 24.6 Å². The van der Waals surface area contributed by atoms with Gasteiger partial charge in [0.2, 0.25) is 0 Å². The van der Waals surface area contributed by atoms with Crippen LogP contribution in [0, 0.1) is 29.0 Å². The van der Waals surface area contributed by atoms with Crippen molar-refractivity contribution in [3.05, 3.63) is 23.5 Å². The van der Waals surface area contributed by atoms with Crippen molar-refractivity contribution in [2.45, 2.75) is 90.4 Å². The number of benzene rings is 1. The molecule has 4 atom stereocenters. The number of esters is 1. The Morgan fingerprint density at radius 1 is 1.05 bits per heavy atom. The molecule has 9 heteroatoms. The highest BCUT2D eigenvalue weighted by molar-refractivity contribution is 5.98. The molecule has 8 nitrogen and oxygen atoms in total. The first-order chi connectivity index (χ1) is 17.3. The average Bonchev–Trinajstić information content (AvgIpc) is 3.42. The fourth-order valence-electron chi connectivity index (χ4n) is 6.19. The minimum Gasteiger partial charge on any atom is -0.496 e. The molecule has 0 unspecified atom stereocenters. The highest BCUT2D eigenvalue weighted by Crippen LogP contribution is 2.49. The number of hydrogen-bond donors (Lipinski definition) is 2. The molecule has 4 rings (SSSR count). The molecule has 0 aromatic heterocycles. The Balaban J connectivity index is 1.45. The lowest BCUT2D eigenvalue weighted by Crippen LogP contribution is -2.46. The molecule has 1 aromatic rings. The first-order valence-electron chi connectivity index (χ1n) is 13.1. The zero-order valence-corrected chi connectivity index (χ0v) is 22.3. The fraction of sp³-hybridized carbons (Fsp3) is 0.679. The molecule has 0 radical (unpaired) electrons. The number of aliphatic carboxylic acids is 1. The molecule has 3 fully saturated rings. The third-order valence-electron chi connectivity index (χ3n) is 8.22. The molecule has 204 valence electrons. The number of halogens is 1. The number of rotatable bonds is 7.